The van der Waals surface area contributed by atoms with Gasteiger partial charge in [-0.15, -0.1) is 0 Å². The van der Waals surface area contributed by atoms with Crippen LogP contribution in [0, 0.1) is 34.5 Å². The molecule has 0 spiro atoms. The second-order valence-electron chi connectivity index (χ2n) is 13.4. The number of benzene rings is 1. The molecule has 1 aromatic carbocycles. The first-order valence-electron chi connectivity index (χ1n) is 15.5. The Morgan fingerprint density at radius 2 is 1.70 bits per heavy atom. The molecule has 4 aliphatic carbocycles. The summed E-state index contributed by atoms with van der Waals surface area (Å²) in [6.45, 7) is 7.54. The van der Waals surface area contributed by atoms with Crippen LogP contribution in [-0.4, -0.2) is 12.1 Å². The fourth-order valence-electron chi connectivity index (χ4n) is 9.29. The third-order valence-electron chi connectivity index (χ3n) is 11.5. The molecular weight excluding hydrogens is 476 g/mol. The molecular formula is C34H49ClO2. The Labute approximate surface area is 231 Å². The molecule has 0 heterocycles. The Balaban J connectivity index is 1.20. The molecule has 0 saturated heterocycles. The molecule has 0 aliphatic heterocycles. The van der Waals surface area contributed by atoms with Gasteiger partial charge in [0.05, 0.1) is 5.56 Å². The van der Waals surface area contributed by atoms with Crippen LogP contribution in [0.25, 0.3) is 0 Å². The number of allylic oxidation sites excluding steroid dienone is 1. The van der Waals surface area contributed by atoms with Crippen LogP contribution in [-0.2, 0) is 4.74 Å². The number of ether oxygens (including phenoxy) is 1. The Morgan fingerprint density at radius 3 is 2.49 bits per heavy atom. The molecule has 0 amide bonds. The normalized spacial score (nSPS) is 36.8. The largest absolute Gasteiger partial charge is 0.458 e. The molecule has 0 radical (unpaired) electrons. The number of unbranched alkanes of at least 4 members (excludes halogenated alkanes) is 5. The van der Waals surface area contributed by atoms with Crippen molar-refractivity contribution in [2.24, 2.45) is 34.5 Å². The minimum Gasteiger partial charge on any atom is -0.458 e. The summed E-state index contributed by atoms with van der Waals surface area (Å²) in [6, 6.07) is 7.06. The van der Waals surface area contributed by atoms with Crippen molar-refractivity contribution < 1.29 is 9.53 Å². The van der Waals surface area contributed by atoms with Gasteiger partial charge in [0.25, 0.3) is 0 Å². The highest BCUT2D eigenvalue weighted by Gasteiger charge is 2.58. The van der Waals surface area contributed by atoms with Crippen LogP contribution in [0.2, 0.25) is 5.02 Å². The van der Waals surface area contributed by atoms with Gasteiger partial charge in [-0.1, -0.05) is 82.5 Å². The van der Waals surface area contributed by atoms with E-state index >= 15 is 0 Å². The van der Waals surface area contributed by atoms with Gasteiger partial charge in [-0.25, -0.2) is 4.79 Å². The summed E-state index contributed by atoms with van der Waals surface area (Å²) in [6.07, 6.45) is 22.6. The Bertz CT molecular complexity index is 967. The summed E-state index contributed by atoms with van der Waals surface area (Å²) in [5.74, 6) is 3.31. The van der Waals surface area contributed by atoms with Crippen LogP contribution in [0.15, 0.2) is 35.9 Å². The summed E-state index contributed by atoms with van der Waals surface area (Å²) in [5.41, 5.74) is 3.04. The molecule has 3 fully saturated rings. The number of halogens is 1. The van der Waals surface area contributed by atoms with E-state index in [1.165, 1.54) is 77.0 Å². The minimum atomic E-state index is -0.213. The lowest BCUT2D eigenvalue weighted by Gasteiger charge is -2.58. The van der Waals surface area contributed by atoms with E-state index in [0.29, 0.717) is 21.4 Å². The first-order valence-corrected chi connectivity index (χ1v) is 15.9. The predicted octanol–water partition coefficient (Wildman–Crippen LogP) is 10.2. The van der Waals surface area contributed by atoms with Gasteiger partial charge in [0.1, 0.15) is 6.10 Å². The fraction of sp³-hybridized carbons (Fsp3) is 0.735. The van der Waals surface area contributed by atoms with Gasteiger partial charge >= 0.3 is 5.97 Å². The van der Waals surface area contributed by atoms with E-state index in [1.807, 2.05) is 0 Å². The van der Waals surface area contributed by atoms with Crippen molar-refractivity contribution in [2.45, 2.75) is 123 Å². The first kappa shape index (κ1) is 27.3. The van der Waals surface area contributed by atoms with Crippen LogP contribution < -0.4 is 0 Å². The number of hydrogen-bond donors (Lipinski definition) is 0. The van der Waals surface area contributed by atoms with Crippen LogP contribution in [0.1, 0.15) is 127 Å². The average Bonchev–Trinajstić information content (AvgIpc) is 3.23. The predicted molar refractivity (Wildman–Crippen MR) is 154 cm³/mol. The molecule has 0 bridgehead atoms. The SMILES string of the molecule is CCCCCCCC[C@@H]1CC[C@@H]2[C@@H]3CC=C4C[C@@H](OC(=O)c5ccc(Cl)cc5)CC[C@]4(C)[C@H]3CC[C@]12C. The summed E-state index contributed by atoms with van der Waals surface area (Å²) < 4.78 is 5.99. The van der Waals surface area contributed by atoms with Crippen molar-refractivity contribution in [3.05, 3.63) is 46.5 Å². The first-order chi connectivity index (χ1) is 17.8. The van der Waals surface area contributed by atoms with E-state index in [2.05, 4.69) is 26.8 Å². The lowest BCUT2D eigenvalue weighted by Crippen LogP contribution is -2.50. The van der Waals surface area contributed by atoms with Crippen molar-refractivity contribution in [3.8, 4) is 0 Å². The second kappa shape index (κ2) is 11.4. The van der Waals surface area contributed by atoms with E-state index in [0.717, 1.165) is 42.9 Å². The zero-order chi connectivity index (χ0) is 26.0. The van der Waals surface area contributed by atoms with Crippen molar-refractivity contribution in [1.29, 1.82) is 0 Å². The monoisotopic (exact) mass is 524 g/mol. The van der Waals surface area contributed by atoms with Gasteiger partial charge in [0.2, 0.25) is 0 Å². The lowest BCUT2D eigenvalue weighted by atomic mass is 9.47. The number of esters is 1. The van der Waals surface area contributed by atoms with Crippen LogP contribution in [0.3, 0.4) is 0 Å². The van der Waals surface area contributed by atoms with Crippen molar-refractivity contribution in [3.63, 3.8) is 0 Å². The lowest BCUT2D eigenvalue weighted by molar-refractivity contribution is -0.0536. The van der Waals surface area contributed by atoms with E-state index < -0.39 is 0 Å². The highest BCUT2D eigenvalue weighted by molar-refractivity contribution is 6.30. The average molecular weight is 525 g/mol. The van der Waals surface area contributed by atoms with Gasteiger partial charge in [-0.05, 0) is 110 Å². The third-order valence-corrected chi connectivity index (χ3v) is 11.8. The molecule has 3 heteroatoms. The summed E-state index contributed by atoms with van der Waals surface area (Å²) >= 11 is 5.99. The highest BCUT2D eigenvalue weighted by Crippen LogP contribution is 2.66. The maximum atomic E-state index is 12.7. The molecule has 37 heavy (non-hydrogen) atoms. The fourth-order valence-corrected chi connectivity index (χ4v) is 9.41. The molecule has 0 unspecified atom stereocenters. The quantitative estimate of drug-likeness (QED) is 0.182. The number of rotatable bonds is 9. The van der Waals surface area contributed by atoms with Gasteiger partial charge in [-0.2, -0.15) is 0 Å². The Kier molecular flexibility index (Phi) is 8.45. The summed E-state index contributed by atoms with van der Waals surface area (Å²) in [5, 5.41) is 0.645. The Morgan fingerprint density at radius 1 is 0.946 bits per heavy atom. The van der Waals surface area contributed by atoms with Crippen LogP contribution >= 0.6 is 11.6 Å². The molecule has 1 aromatic rings. The topological polar surface area (TPSA) is 26.3 Å². The molecule has 0 N–H and O–H groups in total. The van der Waals surface area contributed by atoms with Gasteiger partial charge < -0.3 is 4.74 Å². The summed E-state index contributed by atoms with van der Waals surface area (Å²) in [7, 11) is 0. The maximum absolute atomic E-state index is 12.7. The Hall–Kier alpha value is -1.28. The number of fused-ring (bicyclic) bond motifs is 5. The van der Waals surface area contributed by atoms with Crippen molar-refractivity contribution >= 4 is 17.6 Å². The summed E-state index contributed by atoms with van der Waals surface area (Å²) in [4.78, 5) is 12.7. The van der Waals surface area contributed by atoms with E-state index in [1.54, 1.807) is 29.8 Å². The molecule has 0 aromatic heterocycles. The van der Waals surface area contributed by atoms with Crippen LogP contribution in [0.4, 0.5) is 0 Å². The third kappa shape index (κ3) is 5.43. The van der Waals surface area contributed by atoms with Crippen molar-refractivity contribution in [1.82, 2.24) is 0 Å². The smallest absolute Gasteiger partial charge is 0.338 e. The molecule has 204 valence electrons. The molecule has 7 atom stereocenters. The number of carbonyl (C=O) groups is 1. The second-order valence-corrected chi connectivity index (χ2v) is 13.8. The van der Waals surface area contributed by atoms with Gasteiger partial charge in [0.15, 0.2) is 0 Å². The molecule has 4 aliphatic rings. The van der Waals surface area contributed by atoms with E-state index in [4.69, 9.17) is 16.3 Å². The highest BCUT2D eigenvalue weighted by atomic mass is 35.5. The number of carbonyl (C=O) groups excluding carboxylic acids is 1. The molecule has 3 saturated carbocycles. The van der Waals surface area contributed by atoms with Gasteiger partial charge in [-0.3, -0.25) is 0 Å². The van der Waals surface area contributed by atoms with E-state index in [-0.39, 0.29) is 12.1 Å². The van der Waals surface area contributed by atoms with Gasteiger partial charge in [0, 0.05) is 11.4 Å². The molecule has 5 rings (SSSR count). The molecule has 2 nitrogen and oxygen atoms in total. The van der Waals surface area contributed by atoms with Crippen LogP contribution in [0.5, 0.6) is 0 Å². The zero-order valence-electron chi connectivity index (χ0n) is 23.6. The van der Waals surface area contributed by atoms with Crippen molar-refractivity contribution in [2.75, 3.05) is 0 Å². The minimum absolute atomic E-state index is 0.00102. The number of hydrogen-bond acceptors (Lipinski definition) is 2. The van der Waals surface area contributed by atoms with E-state index in [9.17, 15) is 4.79 Å². The standard InChI is InChI=1S/C34H49ClO2/c1-4-5-6-7-8-9-10-25-14-18-30-29-17-13-26-23-28(37-32(36)24-11-15-27(35)16-12-24)19-21-34(26,3)31(29)20-22-33(25,30)2/h11-13,15-16,25,28-31H,4-10,14,17-23H2,1-3H3/t25-,28+,29+,30-,31+,33-,34+/m1/s1. The maximum Gasteiger partial charge on any atom is 0.338 e. The zero-order valence-corrected chi connectivity index (χ0v) is 24.3.